The molecule has 7 heteroatoms. The average molecular weight is 442 g/mol. The van der Waals surface area contributed by atoms with E-state index in [-0.39, 0.29) is 0 Å². The van der Waals surface area contributed by atoms with Gasteiger partial charge in [0.1, 0.15) is 18.4 Å². The molecule has 1 aliphatic rings. The summed E-state index contributed by atoms with van der Waals surface area (Å²) in [5.74, 6) is -0.995. The Bertz CT molecular complexity index is 1320. The Balaban J connectivity index is 1.58. The normalized spacial score (nSPS) is 14.9. The molecule has 6 nitrogen and oxygen atoms in total. The van der Waals surface area contributed by atoms with Crippen LogP contribution in [0, 0.1) is 12.7 Å². The topological polar surface area (TPSA) is 68.2 Å². The van der Waals surface area contributed by atoms with E-state index in [0.717, 1.165) is 41.5 Å². The standard InChI is InChI=1S/C26H23FN4O2/c1-17-3-2-8-28-25(17)22(15-32)18-4-7-23(27)21(13-18)26-20-6-5-19(14-24(20)29-16-30-26)31-9-11-33-12-10-31/h2-8,13-16,22H,9-12H2,1H3. The van der Waals surface area contributed by atoms with Crippen LogP contribution in [0.1, 0.15) is 22.7 Å². The second-order valence-electron chi connectivity index (χ2n) is 8.08. The molecule has 1 aliphatic heterocycles. The number of hydrogen-bond donors (Lipinski definition) is 0. The van der Waals surface area contributed by atoms with E-state index in [1.54, 1.807) is 18.3 Å². The van der Waals surface area contributed by atoms with Gasteiger partial charge in [0.25, 0.3) is 0 Å². The van der Waals surface area contributed by atoms with Crippen LogP contribution < -0.4 is 4.90 Å². The van der Waals surface area contributed by atoms with Gasteiger partial charge in [-0.3, -0.25) is 4.98 Å². The minimum atomic E-state index is -0.591. The highest BCUT2D eigenvalue weighted by molar-refractivity contribution is 5.94. The van der Waals surface area contributed by atoms with Crippen molar-refractivity contribution in [3.8, 4) is 11.3 Å². The molecule has 1 fully saturated rings. The summed E-state index contributed by atoms with van der Waals surface area (Å²) in [6.45, 7) is 4.94. The first-order chi connectivity index (χ1) is 16.2. The fourth-order valence-corrected chi connectivity index (χ4v) is 4.32. The number of halogens is 1. The summed E-state index contributed by atoms with van der Waals surface area (Å²) in [5.41, 5.74) is 4.85. The second-order valence-corrected chi connectivity index (χ2v) is 8.08. The Hall–Kier alpha value is -3.71. The zero-order valence-corrected chi connectivity index (χ0v) is 18.2. The highest BCUT2D eigenvalue weighted by Gasteiger charge is 2.20. The molecule has 0 amide bonds. The van der Waals surface area contributed by atoms with Crippen molar-refractivity contribution in [2.24, 2.45) is 0 Å². The number of nitrogens with zero attached hydrogens (tertiary/aromatic N) is 4. The molecule has 2 aromatic heterocycles. The van der Waals surface area contributed by atoms with Crippen LogP contribution in [0.4, 0.5) is 10.1 Å². The zero-order chi connectivity index (χ0) is 22.8. The molecule has 2 aromatic carbocycles. The van der Waals surface area contributed by atoms with Crippen molar-refractivity contribution >= 4 is 22.9 Å². The third-order valence-electron chi connectivity index (χ3n) is 6.08. The number of carbonyl (C=O) groups is 1. The van der Waals surface area contributed by atoms with Gasteiger partial charge in [-0.05, 0) is 54.4 Å². The number of rotatable bonds is 5. The lowest BCUT2D eigenvalue weighted by Gasteiger charge is -2.29. The fourth-order valence-electron chi connectivity index (χ4n) is 4.32. The maximum absolute atomic E-state index is 15.0. The van der Waals surface area contributed by atoms with E-state index in [0.29, 0.717) is 35.7 Å². The summed E-state index contributed by atoms with van der Waals surface area (Å²) in [5, 5.41) is 0.752. The third kappa shape index (κ3) is 4.07. The Morgan fingerprint density at radius 1 is 1.06 bits per heavy atom. The summed E-state index contributed by atoms with van der Waals surface area (Å²) >= 11 is 0. The van der Waals surface area contributed by atoms with Crippen LogP contribution in [0.25, 0.3) is 22.2 Å². The van der Waals surface area contributed by atoms with Gasteiger partial charge in [-0.2, -0.15) is 0 Å². The lowest BCUT2D eigenvalue weighted by Crippen LogP contribution is -2.36. The molecule has 1 atom stereocenters. The lowest BCUT2D eigenvalue weighted by atomic mass is 9.91. The van der Waals surface area contributed by atoms with Crippen LogP contribution in [-0.4, -0.2) is 47.5 Å². The largest absolute Gasteiger partial charge is 0.378 e. The van der Waals surface area contributed by atoms with Crippen molar-refractivity contribution < 1.29 is 13.9 Å². The molecule has 0 spiro atoms. The quantitative estimate of drug-likeness (QED) is 0.429. The second kappa shape index (κ2) is 9.03. The molecule has 0 bridgehead atoms. The van der Waals surface area contributed by atoms with Gasteiger partial charge in [-0.25, -0.2) is 14.4 Å². The highest BCUT2D eigenvalue weighted by Crippen LogP contribution is 2.33. The van der Waals surface area contributed by atoms with E-state index in [1.807, 2.05) is 37.3 Å². The van der Waals surface area contributed by atoms with Crippen molar-refractivity contribution in [1.82, 2.24) is 15.0 Å². The number of aromatic nitrogens is 3. The smallest absolute Gasteiger partial charge is 0.133 e. The van der Waals surface area contributed by atoms with Crippen molar-refractivity contribution in [2.45, 2.75) is 12.8 Å². The molecule has 3 heterocycles. The predicted octanol–water partition coefficient (Wildman–Crippen LogP) is 4.31. The van der Waals surface area contributed by atoms with Crippen LogP contribution in [0.5, 0.6) is 0 Å². The molecular formula is C26H23FN4O2. The number of morpholine rings is 1. The Morgan fingerprint density at radius 2 is 1.91 bits per heavy atom. The Labute approximate surface area is 191 Å². The van der Waals surface area contributed by atoms with Crippen molar-refractivity contribution in [2.75, 3.05) is 31.2 Å². The Morgan fingerprint density at radius 3 is 2.70 bits per heavy atom. The molecule has 0 saturated carbocycles. The first-order valence-corrected chi connectivity index (χ1v) is 10.9. The van der Waals surface area contributed by atoms with E-state index in [1.165, 1.54) is 12.4 Å². The maximum atomic E-state index is 15.0. The molecular weight excluding hydrogens is 419 g/mol. The summed E-state index contributed by atoms with van der Waals surface area (Å²) in [4.78, 5) is 27.5. The first kappa shape index (κ1) is 21.2. The summed E-state index contributed by atoms with van der Waals surface area (Å²) in [6.07, 6.45) is 3.96. The molecule has 0 aliphatic carbocycles. The Kier molecular flexibility index (Phi) is 5.79. The minimum absolute atomic E-state index is 0.333. The summed E-state index contributed by atoms with van der Waals surface area (Å²) in [6, 6.07) is 14.4. The number of aldehydes is 1. The van der Waals surface area contributed by atoms with Gasteiger partial charge in [-0.15, -0.1) is 0 Å². The maximum Gasteiger partial charge on any atom is 0.133 e. The zero-order valence-electron chi connectivity index (χ0n) is 18.2. The molecule has 33 heavy (non-hydrogen) atoms. The lowest BCUT2D eigenvalue weighted by molar-refractivity contribution is -0.108. The van der Waals surface area contributed by atoms with Gasteiger partial charge < -0.3 is 14.4 Å². The van der Waals surface area contributed by atoms with Crippen LogP contribution in [0.2, 0.25) is 0 Å². The van der Waals surface area contributed by atoms with Crippen molar-refractivity contribution in [1.29, 1.82) is 0 Å². The number of fused-ring (bicyclic) bond motifs is 1. The predicted molar refractivity (Wildman–Crippen MR) is 125 cm³/mol. The van der Waals surface area contributed by atoms with Crippen LogP contribution >= 0.6 is 0 Å². The van der Waals surface area contributed by atoms with E-state index >= 15 is 4.39 Å². The number of anilines is 1. The molecule has 166 valence electrons. The van der Waals surface area contributed by atoms with Crippen LogP contribution in [-0.2, 0) is 9.53 Å². The summed E-state index contributed by atoms with van der Waals surface area (Å²) < 4.78 is 20.5. The molecule has 4 aromatic rings. The highest BCUT2D eigenvalue weighted by atomic mass is 19.1. The number of aryl methyl sites for hydroxylation is 1. The average Bonchev–Trinajstić information content (AvgIpc) is 2.86. The number of carbonyl (C=O) groups excluding carboxylic acids is 1. The van der Waals surface area contributed by atoms with E-state index in [9.17, 15) is 4.79 Å². The van der Waals surface area contributed by atoms with E-state index in [2.05, 4.69) is 19.9 Å². The van der Waals surface area contributed by atoms with E-state index < -0.39 is 11.7 Å². The van der Waals surface area contributed by atoms with Gasteiger partial charge in [-0.1, -0.05) is 12.1 Å². The van der Waals surface area contributed by atoms with Crippen LogP contribution in [0.15, 0.2) is 61.1 Å². The van der Waals surface area contributed by atoms with Crippen LogP contribution in [0.3, 0.4) is 0 Å². The van der Waals surface area contributed by atoms with Crippen molar-refractivity contribution in [3.05, 3.63) is 83.7 Å². The van der Waals surface area contributed by atoms with Gasteiger partial charge >= 0.3 is 0 Å². The fraction of sp³-hybridized carbons (Fsp3) is 0.231. The number of ether oxygens (including phenoxy) is 1. The number of benzene rings is 2. The van der Waals surface area contributed by atoms with Gasteiger partial charge in [0.2, 0.25) is 0 Å². The van der Waals surface area contributed by atoms with Gasteiger partial charge in [0, 0.05) is 35.9 Å². The number of pyridine rings is 1. The molecule has 0 radical (unpaired) electrons. The molecule has 5 rings (SSSR count). The third-order valence-corrected chi connectivity index (χ3v) is 6.08. The van der Waals surface area contributed by atoms with Gasteiger partial charge in [0.05, 0.1) is 36.0 Å². The number of hydrogen-bond acceptors (Lipinski definition) is 6. The van der Waals surface area contributed by atoms with E-state index in [4.69, 9.17) is 4.74 Å². The monoisotopic (exact) mass is 442 g/mol. The van der Waals surface area contributed by atoms with Gasteiger partial charge in [0.15, 0.2) is 0 Å². The summed E-state index contributed by atoms with van der Waals surface area (Å²) in [7, 11) is 0. The minimum Gasteiger partial charge on any atom is -0.378 e. The van der Waals surface area contributed by atoms with Crippen molar-refractivity contribution in [3.63, 3.8) is 0 Å². The molecule has 1 unspecified atom stereocenters. The SMILES string of the molecule is Cc1cccnc1C(C=O)c1ccc(F)c(-c2ncnc3cc(N4CCOCC4)ccc23)c1. The molecule has 1 saturated heterocycles. The molecule has 0 N–H and O–H groups in total. The first-order valence-electron chi connectivity index (χ1n) is 10.9.